The number of carbonyl (C=O) groups is 6. The molecule has 13 nitrogen and oxygen atoms in total. The van der Waals surface area contributed by atoms with Crippen LogP contribution in [0.1, 0.15) is 102 Å². The lowest BCUT2D eigenvalue weighted by Crippen LogP contribution is -2.62. The Labute approximate surface area is 302 Å². The first-order valence-corrected chi connectivity index (χ1v) is 19.9. The number of amides is 5. The molecule has 15 heteroatoms. The summed E-state index contributed by atoms with van der Waals surface area (Å²) in [4.78, 5) is 91.6. The summed E-state index contributed by atoms with van der Waals surface area (Å²) in [5, 5.41) is 11.5. The summed E-state index contributed by atoms with van der Waals surface area (Å²) in [6.07, 6.45) is 11.6. The van der Waals surface area contributed by atoms with Crippen molar-refractivity contribution < 1.29 is 28.8 Å². The van der Waals surface area contributed by atoms with Gasteiger partial charge in [-0.05, 0) is 43.4 Å². The molecular formula is C35H51N7O6S2. The Morgan fingerprint density at radius 3 is 2.26 bits per heavy atom. The molecule has 2 saturated carbocycles. The number of nitrogens with zero attached hydrogens (tertiary/aromatic N) is 3. The second kappa shape index (κ2) is 16.4. The molecule has 4 aliphatic rings. The Morgan fingerprint density at radius 2 is 1.66 bits per heavy atom. The zero-order chi connectivity index (χ0) is 36.1. The standard InChI is InChI=1S/C35H51N7O6S2/c1-5-9-23(27(43)32(47)38-22-12-13-22)39-30(45)25-18-35(49-16-17-50-35)20-42(25)33(48)28(34(2,3)4)41-31(46)26(21-10-7-6-8-11-21)40-29(44)24-19-36-14-15-37-24/h14-15,19,21-23,25-26,28H,5-13,16-18,20H2,1-4H3,(H,38,47)(H,39,45)(H,40,44)(H,41,46). The van der Waals surface area contributed by atoms with Gasteiger partial charge in [-0.3, -0.25) is 33.8 Å². The van der Waals surface area contributed by atoms with Gasteiger partial charge in [0.05, 0.1) is 16.3 Å². The van der Waals surface area contributed by atoms with Crippen LogP contribution in [0.3, 0.4) is 0 Å². The molecule has 3 heterocycles. The van der Waals surface area contributed by atoms with Crippen LogP contribution in [0, 0.1) is 11.3 Å². The maximum absolute atomic E-state index is 14.7. The van der Waals surface area contributed by atoms with Crippen LogP contribution >= 0.6 is 23.5 Å². The van der Waals surface area contributed by atoms with Crippen LogP contribution in [-0.2, 0) is 24.0 Å². The van der Waals surface area contributed by atoms with Crippen molar-refractivity contribution in [3.05, 3.63) is 24.3 Å². The van der Waals surface area contributed by atoms with E-state index in [1.54, 1.807) is 28.4 Å². The minimum absolute atomic E-state index is 0.00577. The average molecular weight is 730 g/mol. The topological polar surface area (TPSA) is 180 Å². The number of rotatable bonds is 13. The van der Waals surface area contributed by atoms with Crippen LogP contribution in [0.5, 0.6) is 0 Å². The lowest BCUT2D eigenvalue weighted by molar-refractivity contribution is -0.145. The summed E-state index contributed by atoms with van der Waals surface area (Å²) in [6, 6.07) is -3.81. The van der Waals surface area contributed by atoms with E-state index >= 15 is 0 Å². The highest BCUT2D eigenvalue weighted by atomic mass is 32.2. The second-order valence-corrected chi connectivity index (χ2v) is 18.2. The second-order valence-electron chi connectivity index (χ2n) is 15.0. The fourth-order valence-electron chi connectivity index (χ4n) is 7.02. The number of thioether (sulfide) groups is 2. The number of aromatic nitrogens is 2. The van der Waals surface area contributed by atoms with Crippen LogP contribution in [0.4, 0.5) is 0 Å². The predicted molar refractivity (Wildman–Crippen MR) is 192 cm³/mol. The Bertz CT molecular complexity index is 1420. The quantitative estimate of drug-likeness (QED) is 0.221. The van der Waals surface area contributed by atoms with E-state index < -0.39 is 69.0 Å². The van der Waals surface area contributed by atoms with E-state index in [0.717, 1.165) is 56.5 Å². The molecule has 5 amide bonds. The maximum atomic E-state index is 14.7. The van der Waals surface area contributed by atoms with Gasteiger partial charge in [0.15, 0.2) is 0 Å². The van der Waals surface area contributed by atoms with Crippen molar-refractivity contribution in [3.8, 4) is 0 Å². The Balaban J connectivity index is 1.37. The summed E-state index contributed by atoms with van der Waals surface area (Å²) < 4.78 is -0.396. The number of hydrogen-bond acceptors (Lipinski definition) is 10. The van der Waals surface area contributed by atoms with Gasteiger partial charge in [0.1, 0.15) is 23.8 Å². The van der Waals surface area contributed by atoms with Crippen LogP contribution < -0.4 is 21.3 Å². The van der Waals surface area contributed by atoms with Crippen molar-refractivity contribution in [1.29, 1.82) is 0 Å². The molecule has 2 aliphatic carbocycles. The van der Waals surface area contributed by atoms with Gasteiger partial charge in [-0.25, -0.2) is 4.98 Å². The SMILES string of the molecule is CCCC(NC(=O)C1CC2(CN1C(=O)C(NC(=O)C(NC(=O)c1cnccn1)C1CCCCC1)C(C)(C)C)SCCS2)C(=O)C(=O)NC1CC1. The van der Waals surface area contributed by atoms with Gasteiger partial charge in [-0.2, -0.15) is 0 Å². The van der Waals surface area contributed by atoms with Crippen molar-refractivity contribution >= 4 is 58.8 Å². The van der Waals surface area contributed by atoms with Gasteiger partial charge in [-0.1, -0.05) is 53.4 Å². The molecule has 1 spiro atoms. The zero-order valence-corrected chi connectivity index (χ0v) is 31.1. The Hall–Kier alpha value is -3.20. The maximum Gasteiger partial charge on any atom is 0.289 e. The van der Waals surface area contributed by atoms with E-state index in [9.17, 15) is 28.8 Å². The first-order valence-electron chi connectivity index (χ1n) is 17.9. The monoisotopic (exact) mass is 729 g/mol. The fourth-order valence-corrected chi connectivity index (χ4v) is 10.3. The van der Waals surface area contributed by atoms with E-state index in [1.165, 1.54) is 18.6 Å². The van der Waals surface area contributed by atoms with Crippen LogP contribution in [-0.4, -0.2) is 103 Å². The highest BCUT2D eigenvalue weighted by Gasteiger charge is 2.54. The van der Waals surface area contributed by atoms with Gasteiger partial charge in [0, 0.05) is 42.9 Å². The summed E-state index contributed by atoms with van der Waals surface area (Å²) in [6.45, 7) is 7.75. The highest BCUT2D eigenvalue weighted by molar-refractivity contribution is 8.21. The molecule has 50 heavy (non-hydrogen) atoms. The van der Waals surface area contributed by atoms with Crippen molar-refractivity contribution in [3.63, 3.8) is 0 Å². The predicted octanol–water partition coefficient (Wildman–Crippen LogP) is 2.60. The summed E-state index contributed by atoms with van der Waals surface area (Å²) >= 11 is 3.44. The van der Waals surface area contributed by atoms with Gasteiger partial charge in [-0.15, -0.1) is 23.5 Å². The first kappa shape index (κ1) is 38.0. The molecule has 2 saturated heterocycles. The molecule has 4 atom stereocenters. The zero-order valence-electron chi connectivity index (χ0n) is 29.5. The van der Waals surface area contributed by atoms with Crippen LogP contribution in [0.15, 0.2) is 18.6 Å². The van der Waals surface area contributed by atoms with Gasteiger partial charge in [0.25, 0.3) is 11.8 Å². The molecule has 2 aliphatic heterocycles. The number of ketones is 1. The minimum Gasteiger partial charge on any atom is -0.347 e. The molecule has 274 valence electrons. The van der Waals surface area contributed by atoms with Crippen molar-refractivity contribution in [2.75, 3.05) is 18.1 Å². The number of carbonyl (C=O) groups excluding carboxylic acids is 6. The van der Waals surface area contributed by atoms with Crippen LogP contribution in [0.25, 0.3) is 0 Å². The summed E-state index contributed by atoms with van der Waals surface area (Å²) in [5.41, 5.74) is -0.662. The number of likely N-dealkylation sites (tertiary alicyclic amines) is 1. The Kier molecular flexibility index (Phi) is 12.5. The molecule has 1 aromatic heterocycles. The van der Waals surface area contributed by atoms with E-state index in [1.807, 2.05) is 27.7 Å². The largest absolute Gasteiger partial charge is 0.347 e. The molecule has 0 aromatic carbocycles. The van der Waals surface area contributed by atoms with E-state index in [0.29, 0.717) is 25.8 Å². The third-order valence-corrected chi connectivity index (χ3v) is 13.3. The molecule has 5 rings (SSSR count). The third-order valence-electron chi connectivity index (χ3n) is 9.92. The van der Waals surface area contributed by atoms with E-state index in [4.69, 9.17) is 0 Å². The van der Waals surface area contributed by atoms with Crippen molar-refractivity contribution in [2.24, 2.45) is 11.3 Å². The Morgan fingerprint density at radius 1 is 0.960 bits per heavy atom. The number of hydrogen-bond donors (Lipinski definition) is 4. The minimum atomic E-state index is -1.02. The van der Waals surface area contributed by atoms with Crippen molar-refractivity contribution in [2.45, 2.75) is 126 Å². The van der Waals surface area contributed by atoms with E-state index in [2.05, 4.69) is 31.2 Å². The number of Topliss-reactive ketones (excluding diaryl/α,β-unsaturated/α-hetero) is 1. The summed E-state index contributed by atoms with van der Waals surface area (Å²) in [7, 11) is 0. The molecule has 4 fully saturated rings. The normalized spacial score (nSPS) is 22.3. The van der Waals surface area contributed by atoms with Gasteiger partial charge in [0.2, 0.25) is 23.5 Å². The molecule has 1 aromatic rings. The number of nitrogens with one attached hydrogen (secondary N) is 4. The first-order chi connectivity index (χ1) is 23.8. The molecule has 4 N–H and O–H groups in total. The molecular weight excluding hydrogens is 679 g/mol. The highest BCUT2D eigenvalue weighted by Crippen LogP contribution is 2.52. The third kappa shape index (κ3) is 9.36. The van der Waals surface area contributed by atoms with Gasteiger partial charge >= 0.3 is 0 Å². The molecule has 4 unspecified atom stereocenters. The van der Waals surface area contributed by atoms with Crippen molar-refractivity contribution in [1.82, 2.24) is 36.1 Å². The lowest BCUT2D eigenvalue weighted by Gasteiger charge is -2.37. The van der Waals surface area contributed by atoms with E-state index in [-0.39, 0.29) is 17.7 Å². The molecule has 0 radical (unpaired) electrons. The lowest BCUT2D eigenvalue weighted by atomic mass is 9.82. The van der Waals surface area contributed by atoms with Gasteiger partial charge < -0.3 is 26.2 Å². The average Bonchev–Trinajstić information content (AvgIpc) is 3.66. The summed E-state index contributed by atoms with van der Waals surface area (Å²) in [5.74, 6) is -1.59. The molecule has 0 bridgehead atoms. The van der Waals surface area contributed by atoms with Crippen LogP contribution in [0.2, 0.25) is 0 Å². The smallest absolute Gasteiger partial charge is 0.289 e. The fraction of sp³-hybridized carbons (Fsp3) is 0.714.